The van der Waals surface area contributed by atoms with Gasteiger partial charge in [0.2, 0.25) is 0 Å². The molecule has 0 heterocycles. The number of hydrogen-bond donors (Lipinski definition) is 1. The van der Waals surface area contributed by atoms with Gasteiger partial charge in [-0.3, -0.25) is 4.21 Å². The second kappa shape index (κ2) is 6.33. The van der Waals surface area contributed by atoms with Gasteiger partial charge in [0.25, 0.3) is 0 Å². The highest BCUT2D eigenvalue weighted by molar-refractivity contribution is 7.84. The second-order valence-electron chi connectivity index (χ2n) is 3.24. The Hall–Kier alpha value is -1.18. The van der Waals surface area contributed by atoms with Crippen LogP contribution in [0.5, 0.6) is 0 Å². The molecule has 1 unspecified atom stereocenters. The van der Waals surface area contributed by atoms with Crippen molar-refractivity contribution in [2.45, 2.75) is 12.2 Å². The lowest BCUT2D eigenvalue weighted by molar-refractivity contribution is 0.680. The normalized spacial score (nSPS) is 12.0. The van der Waals surface area contributed by atoms with Crippen LogP contribution in [-0.2, 0) is 16.6 Å². The summed E-state index contributed by atoms with van der Waals surface area (Å²) in [7, 11) is -0.871. The molecule has 0 amide bonds. The first-order valence-corrected chi connectivity index (χ1v) is 6.29. The predicted molar refractivity (Wildman–Crippen MR) is 61.5 cm³/mol. The lowest BCUT2D eigenvalue weighted by atomic mass is 10.2. The first-order chi connectivity index (χ1) is 7.26. The van der Waals surface area contributed by atoms with Crippen LogP contribution in [0.25, 0.3) is 0 Å². The van der Waals surface area contributed by atoms with Crippen LogP contribution < -0.4 is 5.73 Å². The summed E-state index contributed by atoms with van der Waals surface area (Å²) < 4.78 is 11.5. The molecule has 1 aromatic rings. The largest absolute Gasteiger partial charge is 0.330 e. The minimum absolute atomic E-state index is 0.509. The summed E-state index contributed by atoms with van der Waals surface area (Å²) >= 11 is 0. The summed E-state index contributed by atoms with van der Waals surface area (Å²) in [5, 5.41) is 8.70. The zero-order chi connectivity index (χ0) is 11.1. The summed E-state index contributed by atoms with van der Waals surface area (Å²) in [6.07, 6.45) is 0.782. The van der Waals surface area contributed by atoms with E-state index < -0.39 is 10.8 Å². The molecular weight excluding hydrogens is 208 g/mol. The monoisotopic (exact) mass is 222 g/mol. The molecule has 3 nitrogen and oxygen atoms in total. The first-order valence-electron chi connectivity index (χ1n) is 4.80. The molecule has 0 saturated heterocycles. The Bertz CT molecular complexity index is 384. The number of rotatable bonds is 5. The Morgan fingerprint density at radius 1 is 1.47 bits per heavy atom. The van der Waals surface area contributed by atoms with Crippen LogP contribution in [0.4, 0.5) is 0 Å². The molecule has 1 aromatic carbocycles. The summed E-state index contributed by atoms with van der Waals surface area (Å²) in [5.41, 5.74) is 6.90. The molecule has 0 aliphatic carbocycles. The Morgan fingerprint density at radius 2 is 2.27 bits per heavy atom. The van der Waals surface area contributed by atoms with Crippen molar-refractivity contribution in [3.63, 3.8) is 0 Å². The summed E-state index contributed by atoms with van der Waals surface area (Å²) in [6.45, 7) is 0.573. The van der Waals surface area contributed by atoms with E-state index in [9.17, 15) is 4.21 Å². The van der Waals surface area contributed by atoms with Gasteiger partial charge in [-0.15, -0.1) is 0 Å². The van der Waals surface area contributed by atoms with E-state index in [0.717, 1.165) is 12.0 Å². The maximum absolute atomic E-state index is 11.5. The van der Waals surface area contributed by atoms with Gasteiger partial charge in [-0.1, -0.05) is 12.1 Å². The van der Waals surface area contributed by atoms with Crippen molar-refractivity contribution in [3.8, 4) is 6.07 Å². The molecule has 0 bridgehead atoms. The molecule has 1 rings (SSSR count). The van der Waals surface area contributed by atoms with E-state index >= 15 is 0 Å². The summed E-state index contributed by atoms with van der Waals surface area (Å²) in [6, 6.07) is 9.29. The molecule has 80 valence electrons. The number of nitrogens with zero attached hydrogens (tertiary/aromatic N) is 1. The number of nitriles is 1. The van der Waals surface area contributed by atoms with Gasteiger partial charge in [-0.25, -0.2) is 0 Å². The van der Waals surface area contributed by atoms with E-state index in [4.69, 9.17) is 11.0 Å². The molecule has 0 aliphatic rings. The van der Waals surface area contributed by atoms with E-state index in [1.54, 1.807) is 12.1 Å². The zero-order valence-corrected chi connectivity index (χ0v) is 9.30. The number of hydrogen-bond acceptors (Lipinski definition) is 3. The number of benzene rings is 1. The topological polar surface area (TPSA) is 66.9 Å². The van der Waals surface area contributed by atoms with Gasteiger partial charge in [-0.05, 0) is 30.7 Å². The van der Waals surface area contributed by atoms with Crippen molar-refractivity contribution in [2.75, 3.05) is 12.3 Å². The van der Waals surface area contributed by atoms with Crippen molar-refractivity contribution in [3.05, 3.63) is 35.4 Å². The molecule has 1 atom stereocenters. The van der Waals surface area contributed by atoms with E-state index in [0.29, 0.717) is 23.6 Å². The number of nitrogens with two attached hydrogens (primary N) is 1. The molecule has 0 aliphatic heterocycles. The zero-order valence-electron chi connectivity index (χ0n) is 8.48. The Balaban J connectivity index is 2.57. The molecule has 15 heavy (non-hydrogen) atoms. The molecule has 0 spiro atoms. The van der Waals surface area contributed by atoms with Crippen molar-refractivity contribution < 1.29 is 4.21 Å². The van der Waals surface area contributed by atoms with E-state index in [2.05, 4.69) is 6.07 Å². The Labute approximate surface area is 92.4 Å². The van der Waals surface area contributed by atoms with E-state index in [-0.39, 0.29) is 0 Å². The van der Waals surface area contributed by atoms with Crippen molar-refractivity contribution >= 4 is 10.8 Å². The fourth-order valence-corrected chi connectivity index (χ4v) is 2.42. The average Bonchev–Trinajstić information content (AvgIpc) is 2.26. The van der Waals surface area contributed by atoms with Crippen molar-refractivity contribution in [1.82, 2.24) is 0 Å². The predicted octanol–water partition coefficient (Wildman–Crippen LogP) is 1.16. The highest BCUT2D eigenvalue weighted by atomic mass is 32.2. The third kappa shape index (κ3) is 4.24. The van der Waals surface area contributed by atoms with Crippen LogP contribution in [0.2, 0.25) is 0 Å². The smallest absolute Gasteiger partial charge is 0.0991 e. The van der Waals surface area contributed by atoms with Gasteiger partial charge in [0.15, 0.2) is 0 Å². The van der Waals surface area contributed by atoms with Crippen LogP contribution in [-0.4, -0.2) is 16.5 Å². The quantitative estimate of drug-likeness (QED) is 0.812. The van der Waals surface area contributed by atoms with Crippen LogP contribution >= 0.6 is 0 Å². The average molecular weight is 222 g/mol. The molecule has 4 heteroatoms. The van der Waals surface area contributed by atoms with Crippen LogP contribution in [0.3, 0.4) is 0 Å². The van der Waals surface area contributed by atoms with Crippen molar-refractivity contribution in [1.29, 1.82) is 5.26 Å². The highest BCUT2D eigenvalue weighted by Gasteiger charge is 2.01. The van der Waals surface area contributed by atoms with Gasteiger partial charge >= 0.3 is 0 Å². The third-order valence-electron chi connectivity index (χ3n) is 1.96. The van der Waals surface area contributed by atoms with Crippen molar-refractivity contribution in [2.24, 2.45) is 5.73 Å². The maximum atomic E-state index is 11.5. The molecule has 0 radical (unpaired) electrons. The van der Waals surface area contributed by atoms with Crippen LogP contribution in [0.15, 0.2) is 24.3 Å². The Kier molecular flexibility index (Phi) is 5.02. The molecular formula is C11H14N2OS. The van der Waals surface area contributed by atoms with Crippen LogP contribution in [0, 0.1) is 11.3 Å². The SMILES string of the molecule is N#Cc1cccc(CS(=O)CCCN)c1. The molecule has 0 aromatic heterocycles. The minimum atomic E-state index is -0.871. The first kappa shape index (κ1) is 11.9. The Morgan fingerprint density at radius 3 is 2.93 bits per heavy atom. The maximum Gasteiger partial charge on any atom is 0.0991 e. The van der Waals surface area contributed by atoms with Gasteiger partial charge in [-0.2, -0.15) is 5.26 Å². The third-order valence-corrected chi connectivity index (χ3v) is 3.36. The van der Waals surface area contributed by atoms with Gasteiger partial charge < -0.3 is 5.73 Å². The van der Waals surface area contributed by atoms with Gasteiger partial charge in [0.05, 0.1) is 11.6 Å². The molecule has 0 saturated carbocycles. The lowest BCUT2D eigenvalue weighted by Crippen LogP contribution is -2.07. The summed E-state index contributed by atoms with van der Waals surface area (Å²) in [4.78, 5) is 0. The lowest BCUT2D eigenvalue weighted by Gasteiger charge is -2.01. The fourth-order valence-electron chi connectivity index (χ4n) is 1.23. The fraction of sp³-hybridized carbons (Fsp3) is 0.364. The van der Waals surface area contributed by atoms with E-state index in [1.165, 1.54) is 0 Å². The van der Waals surface area contributed by atoms with Gasteiger partial charge in [0, 0.05) is 22.3 Å². The van der Waals surface area contributed by atoms with Gasteiger partial charge in [0.1, 0.15) is 0 Å². The van der Waals surface area contributed by atoms with Crippen LogP contribution in [0.1, 0.15) is 17.5 Å². The summed E-state index contributed by atoms with van der Waals surface area (Å²) in [5.74, 6) is 1.14. The van der Waals surface area contributed by atoms with E-state index in [1.807, 2.05) is 12.1 Å². The minimum Gasteiger partial charge on any atom is -0.330 e. The standard InChI is InChI=1S/C11H14N2OS/c12-5-2-6-15(14)9-11-4-1-3-10(7-11)8-13/h1,3-4,7H,2,5-6,9,12H2. The second-order valence-corrected chi connectivity index (χ2v) is 4.82. The molecule has 2 N–H and O–H groups in total. The highest BCUT2D eigenvalue weighted by Crippen LogP contribution is 2.07. The molecule has 0 fully saturated rings.